The summed E-state index contributed by atoms with van der Waals surface area (Å²) < 4.78 is 6.12. The minimum atomic E-state index is -0.345. The van der Waals surface area contributed by atoms with E-state index in [0.717, 1.165) is 18.8 Å². The van der Waals surface area contributed by atoms with Gasteiger partial charge < -0.3 is 9.57 Å². The number of ether oxygens (including phenoxy) is 1. The summed E-state index contributed by atoms with van der Waals surface area (Å²) in [6.45, 7) is 1.80. The van der Waals surface area contributed by atoms with Crippen molar-refractivity contribution in [3.63, 3.8) is 0 Å². The van der Waals surface area contributed by atoms with Crippen molar-refractivity contribution in [2.24, 2.45) is 11.1 Å². The monoisotopic (exact) mass is 263 g/mol. The van der Waals surface area contributed by atoms with Crippen LogP contribution >= 0.6 is 0 Å². The van der Waals surface area contributed by atoms with Crippen molar-refractivity contribution in [1.82, 2.24) is 0 Å². The number of hydrogen-bond acceptors (Lipinski definition) is 4. The van der Waals surface area contributed by atoms with Gasteiger partial charge in [0, 0.05) is 0 Å². The molecule has 0 N–H and O–H groups in total. The van der Waals surface area contributed by atoms with Crippen molar-refractivity contribution < 1.29 is 14.4 Å². The van der Waals surface area contributed by atoms with Gasteiger partial charge in [0.15, 0.2) is 0 Å². The maximum absolute atomic E-state index is 11.5. The molecule has 2 atom stereocenters. The molecule has 1 saturated heterocycles. The second kappa shape index (κ2) is 5.45. The van der Waals surface area contributed by atoms with Gasteiger partial charge in [-0.15, -0.1) is 0 Å². The van der Waals surface area contributed by atoms with Crippen LogP contribution in [-0.2, 0) is 14.4 Å². The van der Waals surface area contributed by atoms with E-state index in [2.05, 4.69) is 9.99 Å². The molecule has 1 saturated carbocycles. The van der Waals surface area contributed by atoms with E-state index in [4.69, 9.17) is 4.74 Å². The fraction of sp³-hybridized carbons (Fsp3) is 0.733. The zero-order chi connectivity index (χ0) is 13.2. The van der Waals surface area contributed by atoms with Gasteiger partial charge in [0.05, 0.1) is 23.5 Å². The molecule has 2 fully saturated rings. The van der Waals surface area contributed by atoms with Crippen molar-refractivity contribution in [3.8, 4) is 0 Å². The number of carbonyl (C=O) groups excluding carboxylic acids is 1. The lowest BCUT2D eigenvalue weighted by atomic mass is 9.84. The van der Waals surface area contributed by atoms with Crippen LogP contribution in [0.4, 0.5) is 0 Å². The third-order valence-corrected chi connectivity index (χ3v) is 4.49. The van der Waals surface area contributed by atoms with Crippen LogP contribution in [0.15, 0.2) is 16.8 Å². The fourth-order valence-corrected chi connectivity index (χ4v) is 3.40. The first-order chi connectivity index (χ1) is 9.24. The maximum atomic E-state index is 11.5. The summed E-state index contributed by atoms with van der Waals surface area (Å²) in [5.41, 5.74) is 1.24. The maximum Gasteiger partial charge on any atom is 0.367 e. The van der Waals surface area contributed by atoms with Gasteiger partial charge in [-0.05, 0) is 44.6 Å². The van der Waals surface area contributed by atoms with Gasteiger partial charge in [0.1, 0.15) is 0 Å². The lowest BCUT2D eigenvalue weighted by Crippen LogP contribution is -2.23. The zero-order valence-corrected chi connectivity index (χ0v) is 11.4. The van der Waals surface area contributed by atoms with Crippen LogP contribution in [0.25, 0.3) is 0 Å². The summed E-state index contributed by atoms with van der Waals surface area (Å²) in [4.78, 5) is 16.2. The van der Waals surface area contributed by atoms with Crippen LogP contribution in [0.2, 0.25) is 0 Å². The van der Waals surface area contributed by atoms with E-state index in [1.807, 2.05) is 6.08 Å². The predicted octanol–water partition coefficient (Wildman–Crippen LogP) is 2.97. The second-order valence-electron chi connectivity index (χ2n) is 5.82. The van der Waals surface area contributed by atoms with Crippen molar-refractivity contribution in [2.75, 3.05) is 0 Å². The highest BCUT2D eigenvalue weighted by Gasteiger charge is 2.33. The molecule has 104 valence electrons. The van der Waals surface area contributed by atoms with Gasteiger partial charge in [-0.1, -0.05) is 24.4 Å². The number of nitrogens with zero attached hydrogens (tertiary/aromatic N) is 1. The van der Waals surface area contributed by atoms with Crippen LogP contribution in [-0.4, -0.2) is 23.9 Å². The van der Waals surface area contributed by atoms with Crippen molar-refractivity contribution in [2.45, 2.75) is 64.1 Å². The van der Waals surface area contributed by atoms with E-state index >= 15 is 0 Å². The molecular weight excluding hydrogens is 242 g/mol. The molecule has 2 unspecified atom stereocenters. The van der Waals surface area contributed by atoms with Gasteiger partial charge in [-0.2, -0.15) is 0 Å². The van der Waals surface area contributed by atoms with Crippen LogP contribution < -0.4 is 0 Å². The number of hydrogen-bond donors (Lipinski definition) is 0. The van der Waals surface area contributed by atoms with Gasteiger partial charge in [-0.25, -0.2) is 4.79 Å². The van der Waals surface area contributed by atoms with Crippen molar-refractivity contribution in [3.05, 3.63) is 11.6 Å². The second-order valence-corrected chi connectivity index (χ2v) is 5.82. The summed E-state index contributed by atoms with van der Waals surface area (Å²) in [5.74, 6) is 0.379. The first-order valence-corrected chi connectivity index (χ1v) is 7.37. The SMILES string of the molecule is CC1=NOC(=O)/C1=C\C1CCC(C2CCCCC2)O1. The summed E-state index contributed by atoms with van der Waals surface area (Å²) in [5, 5.41) is 3.69. The lowest BCUT2D eigenvalue weighted by molar-refractivity contribution is -0.136. The summed E-state index contributed by atoms with van der Waals surface area (Å²) in [6, 6.07) is 0. The Hall–Kier alpha value is -1.16. The summed E-state index contributed by atoms with van der Waals surface area (Å²) in [6.07, 6.45) is 11.1. The van der Waals surface area contributed by atoms with Crippen LogP contribution in [0.1, 0.15) is 51.9 Å². The van der Waals surface area contributed by atoms with Gasteiger partial charge in [0.2, 0.25) is 0 Å². The fourth-order valence-electron chi connectivity index (χ4n) is 3.40. The van der Waals surface area contributed by atoms with E-state index in [9.17, 15) is 4.79 Å². The molecule has 1 aliphatic carbocycles. The molecular formula is C15H21NO3. The quantitative estimate of drug-likeness (QED) is 0.568. The molecule has 0 spiro atoms. The van der Waals surface area contributed by atoms with Crippen LogP contribution in [0.3, 0.4) is 0 Å². The molecule has 4 nitrogen and oxygen atoms in total. The average Bonchev–Trinajstić information content (AvgIpc) is 3.02. The Labute approximate surface area is 113 Å². The van der Waals surface area contributed by atoms with Crippen molar-refractivity contribution >= 4 is 11.7 Å². The molecule has 0 aromatic carbocycles. The normalized spacial score (nSPS) is 34.7. The highest BCUT2D eigenvalue weighted by molar-refractivity contribution is 6.21. The third kappa shape index (κ3) is 2.73. The number of oxime groups is 1. The van der Waals surface area contributed by atoms with E-state index in [0.29, 0.717) is 17.4 Å². The standard InChI is InChI=1S/C15H21NO3/c1-10-13(15(17)19-16-10)9-12-7-8-14(18-12)11-5-3-2-4-6-11/h9,11-12,14H,2-8H2,1H3/b13-9-. The Bertz CT molecular complexity index is 421. The molecule has 0 aromatic heterocycles. The van der Waals surface area contributed by atoms with E-state index in [-0.39, 0.29) is 12.1 Å². The average molecular weight is 263 g/mol. The Morgan fingerprint density at radius 3 is 2.63 bits per heavy atom. The third-order valence-electron chi connectivity index (χ3n) is 4.49. The van der Waals surface area contributed by atoms with Gasteiger partial charge in [-0.3, -0.25) is 0 Å². The van der Waals surface area contributed by atoms with Crippen LogP contribution in [0.5, 0.6) is 0 Å². The molecule has 2 heterocycles. The van der Waals surface area contributed by atoms with E-state index < -0.39 is 0 Å². The van der Waals surface area contributed by atoms with Gasteiger partial charge in [0.25, 0.3) is 0 Å². The largest absolute Gasteiger partial charge is 0.371 e. The topological polar surface area (TPSA) is 47.9 Å². The molecule has 2 aliphatic heterocycles. The number of rotatable bonds is 2. The molecule has 0 radical (unpaired) electrons. The van der Waals surface area contributed by atoms with Crippen molar-refractivity contribution in [1.29, 1.82) is 0 Å². The predicted molar refractivity (Wildman–Crippen MR) is 71.8 cm³/mol. The molecule has 0 amide bonds. The lowest BCUT2D eigenvalue weighted by Gasteiger charge is -2.27. The first kappa shape index (κ1) is 12.9. The molecule has 4 heteroatoms. The van der Waals surface area contributed by atoms with E-state index in [1.165, 1.54) is 32.1 Å². The Kier molecular flexibility index (Phi) is 3.69. The molecule has 0 bridgehead atoms. The first-order valence-electron chi connectivity index (χ1n) is 7.37. The smallest absolute Gasteiger partial charge is 0.367 e. The summed E-state index contributed by atoms with van der Waals surface area (Å²) >= 11 is 0. The van der Waals surface area contributed by atoms with E-state index in [1.54, 1.807) is 6.92 Å². The summed E-state index contributed by atoms with van der Waals surface area (Å²) in [7, 11) is 0. The molecule has 3 aliphatic rings. The molecule has 19 heavy (non-hydrogen) atoms. The Morgan fingerprint density at radius 1 is 1.16 bits per heavy atom. The minimum absolute atomic E-state index is 0.0535. The minimum Gasteiger partial charge on any atom is -0.371 e. The molecule has 3 rings (SSSR count). The Morgan fingerprint density at radius 2 is 1.95 bits per heavy atom. The van der Waals surface area contributed by atoms with Gasteiger partial charge >= 0.3 is 5.97 Å². The number of carbonyl (C=O) groups is 1. The highest BCUT2D eigenvalue weighted by Crippen LogP contribution is 2.35. The highest BCUT2D eigenvalue weighted by atomic mass is 16.7. The van der Waals surface area contributed by atoms with Crippen LogP contribution in [0, 0.1) is 5.92 Å². The molecule has 0 aromatic rings. The Balaban J connectivity index is 1.61. The zero-order valence-electron chi connectivity index (χ0n) is 11.4.